The fraction of sp³-hybridized carbons (Fsp3) is 0.417. The number of hydrogen-bond donors (Lipinski definition) is 0. The van der Waals surface area contributed by atoms with E-state index in [4.69, 9.17) is 0 Å². The smallest absolute Gasteiger partial charge is 0.348 e. The molecule has 342 valence electrons. The van der Waals surface area contributed by atoms with Gasteiger partial charge in [0.15, 0.2) is 0 Å². The predicted octanol–water partition coefficient (Wildman–Crippen LogP) is 9.40. The van der Waals surface area contributed by atoms with Crippen LogP contribution in [0.4, 0.5) is 79.0 Å². The number of aromatic nitrogens is 6. The number of benzene rings is 3. The van der Waals surface area contributed by atoms with Crippen LogP contribution in [-0.2, 0) is 50.6 Å². The molecule has 6 aromatic rings. The predicted molar refractivity (Wildman–Crippen MR) is 181 cm³/mol. The standard InChI is InChI=1S/C36H21BF18N6O3/c38-25-31(50,19-4-1-16-10-56-59(22(16)7-19)13-28(41,42)43)34(25,53)62-37(63-35(54)26(39)32(35,51)20-5-2-17-11-57-60(23(17)8-20)14-29(44,45)46)64-36(55)27(40)33(36,52)21-6-3-18-12-58-61(24(18)9-21)15-30(47,48)49/h1-12,25-27H,13-15H2/t25?,26?,27?,31-,32-,33-,34+,35+,36+/m0/s1. The second-order valence-corrected chi connectivity index (χ2v) is 15.4. The van der Waals surface area contributed by atoms with Gasteiger partial charge in [-0.25, -0.2) is 39.5 Å². The molecule has 0 spiro atoms. The number of fused-ring (bicyclic) bond motifs is 3. The van der Waals surface area contributed by atoms with E-state index in [-0.39, 0.29) is 30.2 Å². The zero-order chi connectivity index (χ0) is 46.6. The molecule has 9 rings (SSSR count). The lowest BCUT2D eigenvalue weighted by Gasteiger charge is -2.23. The van der Waals surface area contributed by atoms with E-state index in [0.29, 0.717) is 36.4 Å². The summed E-state index contributed by atoms with van der Waals surface area (Å²) in [7, 11) is -3.94. The Morgan fingerprint density at radius 2 is 0.703 bits per heavy atom. The first kappa shape index (κ1) is 44.0. The van der Waals surface area contributed by atoms with Gasteiger partial charge in [-0.3, -0.25) is 14.0 Å². The molecule has 0 bridgehead atoms. The van der Waals surface area contributed by atoms with Gasteiger partial charge in [-0.1, -0.05) is 36.4 Å². The summed E-state index contributed by atoms with van der Waals surface area (Å²) in [5.41, 5.74) is -17.9. The zero-order valence-electron chi connectivity index (χ0n) is 31.1. The highest BCUT2D eigenvalue weighted by Crippen LogP contribution is 2.69. The maximum atomic E-state index is 16.5. The van der Waals surface area contributed by atoms with Crippen molar-refractivity contribution in [2.45, 2.75) is 91.2 Å². The highest BCUT2D eigenvalue weighted by molar-refractivity contribution is 6.37. The molecule has 3 unspecified atom stereocenters. The monoisotopic (exact) mass is 938 g/mol. The van der Waals surface area contributed by atoms with Gasteiger partial charge in [-0.15, -0.1) is 0 Å². The maximum absolute atomic E-state index is 16.5. The van der Waals surface area contributed by atoms with Gasteiger partial charge in [0.25, 0.3) is 17.6 Å². The summed E-state index contributed by atoms with van der Waals surface area (Å²) in [4.78, 5) is 0. The van der Waals surface area contributed by atoms with Gasteiger partial charge in [0.2, 0.25) is 35.5 Å². The minimum atomic E-state index is -4.93. The van der Waals surface area contributed by atoms with Crippen molar-refractivity contribution in [1.82, 2.24) is 29.3 Å². The van der Waals surface area contributed by atoms with Gasteiger partial charge in [0.05, 0.1) is 35.1 Å². The summed E-state index contributed by atoms with van der Waals surface area (Å²) in [6.45, 7) is -5.39. The third-order valence-corrected chi connectivity index (χ3v) is 11.2. The highest BCUT2D eigenvalue weighted by atomic mass is 19.4. The molecule has 0 aliphatic heterocycles. The van der Waals surface area contributed by atoms with Gasteiger partial charge in [0.1, 0.15) is 19.6 Å². The number of alkyl halides is 18. The average Bonchev–Trinajstić information content (AvgIpc) is 3.65. The highest BCUT2D eigenvalue weighted by Gasteiger charge is 2.91. The van der Waals surface area contributed by atoms with Crippen LogP contribution < -0.4 is 0 Å². The van der Waals surface area contributed by atoms with Crippen molar-refractivity contribution in [3.05, 3.63) is 89.9 Å². The van der Waals surface area contributed by atoms with Gasteiger partial charge in [-0.05, 0) is 18.2 Å². The Hall–Kier alpha value is -5.25. The largest absolute Gasteiger partial charge is 0.646 e. The van der Waals surface area contributed by atoms with E-state index in [1.807, 2.05) is 0 Å². The van der Waals surface area contributed by atoms with Crippen molar-refractivity contribution < 1.29 is 93.0 Å². The molecule has 3 fully saturated rings. The van der Waals surface area contributed by atoms with E-state index in [1.54, 1.807) is 0 Å². The quantitative estimate of drug-likeness (QED) is 0.0900. The molecule has 0 radical (unpaired) electrons. The van der Waals surface area contributed by atoms with E-state index in [9.17, 15) is 39.5 Å². The number of rotatable bonds is 12. The first-order valence-electron chi connectivity index (χ1n) is 18.2. The summed E-state index contributed by atoms with van der Waals surface area (Å²) in [5.74, 6) is -14.0. The van der Waals surface area contributed by atoms with Crippen molar-refractivity contribution in [1.29, 1.82) is 0 Å². The first-order valence-corrected chi connectivity index (χ1v) is 18.2. The van der Waals surface area contributed by atoms with Crippen LogP contribution in [0.1, 0.15) is 16.7 Å². The molecule has 9 nitrogen and oxygen atoms in total. The van der Waals surface area contributed by atoms with E-state index in [1.165, 1.54) is 0 Å². The van der Waals surface area contributed by atoms with Gasteiger partial charge >= 0.3 is 25.9 Å². The van der Waals surface area contributed by atoms with Crippen LogP contribution in [-0.4, -0.2) is 91.3 Å². The van der Waals surface area contributed by atoms with Crippen molar-refractivity contribution in [2.24, 2.45) is 0 Å². The second kappa shape index (κ2) is 13.4. The summed E-state index contributed by atoms with van der Waals surface area (Å²) < 4.78 is 278. The Bertz CT molecular complexity index is 2540. The van der Waals surface area contributed by atoms with Gasteiger partial charge < -0.3 is 14.0 Å². The Morgan fingerprint density at radius 1 is 0.453 bits per heavy atom. The molecule has 3 saturated carbocycles. The normalized spacial score (nSPS) is 32.8. The molecule has 0 saturated heterocycles. The third kappa shape index (κ3) is 6.42. The van der Waals surface area contributed by atoms with Crippen LogP contribution in [0.3, 0.4) is 0 Å². The van der Waals surface area contributed by atoms with E-state index < -0.39 is 132 Å². The summed E-state index contributed by atoms with van der Waals surface area (Å²) in [5, 5.41) is 9.98. The summed E-state index contributed by atoms with van der Waals surface area (Å²) in [6.07, 6.45) is -23.2. The molecule has 3 aliphatic carbocycles. The Kier molecular flexibility index (Phi) is 9.22. The number of halogens is 18. The lowest BCUT2D eigenvalue weighted by Crippen LogP contribution is -2.43. The van der Waals surface area contributed by atoms with Crippen LogP contribution >= 0.6 is 0 Å². The Morgan fingerprint density at radius 3 is 0.938 bits per heavy atom. The molecule has 0 N–H and O–H groups in total. The van der Waals surface area contributed by atoms with Crippen LogP contribution in [0.5, 0.6) is 0 Å². The fourth-order valence-corrected chi connectivity index (χ4v) is 7.76. The van der Waals surface area contributed by atoms with E-state index >= 15 is 39.5 Å². The minimum Gasteiger partial charge on any atom is -0.348 e. The Balaban J connectivity index is 1.07. The second-order valence-electron chi connectivity index (χ2n) is 15.4. The summed E-state index contributed by atoms with van der Waals surface area (Å²) >= 11 is 0. The molecule has 9 atom stereocenters. The molecule has 3 aromatic heterocycles. The first-order chi connectivity index (χ1) is 29.5. The molecule has 0 amide bonds. The van der Waals surface area contributed by atoms with Crippen molar-refractivity contribution in [3.63, 3.8) is 0 Å². The SMILES string of the molecule is FC1[C@@](F)(OB(O[C@]2(F)C(F)[C@@]2(F)c2ccc3cnn(CC(F)(F)F)c3c2)O[C@]2(F)C(F)[C@@]2(F)c2ccc3cnn(CC(F)(F)F)c3c2)[C@]1(F)c1ccc2cnn(CC(F)(F)F)c2c1. The van der Waals surface area contributed by atoms with Crippen LogP contribution in [0.15, 0.2) is 73.2 Å². The fourth-order valence-electron chi connectivity index (χ4n) is 7.76. The topological polar surface area (TPSA) is 81.2 Å². The lowest BCUT2D eigenvalue weighted by atomic mass is 10.0. The minimum absolute atomic E-state index is 0.135. The number of nitrogens with zero attached hydrogens (tertiary/aromatic N) is 6. The number of hydrogen-bond acceptors (Lipinski definition) is 6. The molecule has 3 heterocycles. The van der Waals surface area contributed by atoms with E-state index in [2.05, 4.69) is 29.3 Å². The Labute approximate surface area is 343 Å². The lowest BCUT2D eigenvalue weighted by molar-refractivity contribution is -0.150. The van der Waals surface area contributed by atoms with Crippen molar-refractivity contribution >= 4 is 40.0 Å². The van der Waals surface area contributed by atoms with Crippen LogP contribution in [0, 0.1) is 0 Å². The van der Waals surface area contributed by atoms with Crippen molar-refractivity contribution in [3.8, 4) is 0 Å². The van der Waals surface area contributed by atoms with Crippen molar-refractivity contribution in [2.75, 3.05) is 0 Å². The third-order valence-electron chi connectivity index (χ3n) is 11.2. The molecule has 3 aromatic carbocycles. The van der Waals surface area contributed by atoms with Crippen LogP contribution in [0.25, 0.3) is 32.7 Å². The zero-order valence-corrected chi connectivity index (χ0v) is 31.1. The van der Waals surface area contributed by atoms with Gasteiger partial charge in [-0.2, -0.15) is 54.8 Å². The van der Waals surface area contributed by atoms with Gasteiger partial charge in [0, 0.05) is 32.8 Å². The summed E-state index contributed by atoms with van der Waals surface area (Å²) in [6, 6.07) is 5.74. The molecule has 64 heavy (non-hydrogen) atoms. The van der Waals surface area contributed by atoms with Crippen LogP contribution in [0.2, 0.25) is 0 Å². The molecule has 28 heteroatoms. The van der Waals surface area contributed by atoms with E-state index in [0.717, 1.165) is 36.8 Å². The maximum Gasteiger partial charge on any atom is 0.646 e. The molecular formula is C36H21BF18N6O3. The average molecular weight is 938 g/mol. The molecule has 3 aliphatic rings. The molecular weight excluding hydrogens is 917 g/mol.